The Morgan fingerprint density at radius 1 is 0.793 bits per heavy atom. The molecule has 3 rings (SSSR count). The van der Waals surface area contributed by atoms with E-state index >= 15 is 0 Å². The molecular weight excluding hydrogens is 439 g/mol. The fourth-order valence-corrected chi connectivity index (χ4v) is 11.6. The van der Waals surface area contributed by atoms with E-state index in [1.54, 1.807) is 0 Å². The molecule has 152 valence electrons. The molecule has 1 atom stereocenters. The second kappa shape index (κ2) is 9.37. The maximum atomic E-state index is 13.4. The Morgan fingerprint density at radius 3 is 1.52 bits per heavy atom. The van der Waals surface area contributed by atoms with E-state index in [1.807, 2.05) is 18.2 Å². The van der Waals surface area contributed by atoms with Gasteiger partial charge in [-0.2, -0.15) is 0 Å². The van der Waals surface area contributed by atoms with Crippen LogP contribution in [0.1, 0.15) is 33.1 Å². The van der Waals surface area contributed by atoms with Crippen molar-refractivity contribution in [3.05, 3.63) is 91.0 Å². The van der Waals surface area contributed by atoms with Crippen molar-refractivity contribution in [3.8, 4) is 0 Å². The maximum absolute atomic E-state index is 13.4. The zero-order valence-electron chi connectivity index (χ0n) is 17.3. The van der Waals surface area contributed by atoms with Gasteiger partial charge in [-0.3, -0.25) is 0 Å². The molecule has 0 aliphatic heterocycles. The summed E-state index contributed by atoms with van der Waals surface area (Å²) >= 11 is 4.35. The molecule has 0 saturated heterocycles. The van der Waals surface area contributed by atoms with Gasteiger partial charge in [-0.05, 0) is 0 Å². The second-order valence-electron chi connectivity index (χ2n) is 7.94. The van der Waals surface area contributed by atoms with Crippen LogP contribution in [0.2, 0.25) is 0 Å². The van der Waals surface area contributed by atoms with Crippen molar-refractivity contribution in [2.75, 3.05) is 6.16 Å². The SMILES string of the molecule is CCC(C)CCC(=O)CP(Br)(c1ccccc1)(c1ccccc1)c1ccccc1. The molecular formula is C26H30BrOP. The normalized spacial score (nSPS) is 14.0. The van der Waals surface area contributed by atoms with E-state index in [1.165, 1.54) is 15.9 Å². The Hall–Kier alpha value is -1.76. The quantitative estimate of drug-likeness (QED) is 0.340. The van der Waals surface area contributed by atoms with E-state index in [9.17, 15) is 4.79 Å². The fourth-order valence-electron chi connectivity index (χ4n) is 3.96. The van der Waals surface area contributed by atoms with Crippen LogP contribution >= 0.6 is 20.8 Å². The van der Waals surface area contributed by atoms with Gasteiger partial charge in [-0.25, -0.2) is 0 Å². The third kappa shape index (κ3) is 4.39. The molecule has 0 aliphatic carbocycles. The topological polar surface area (TPSA) is 17.1 Å². The van der Waals surface area contributed by atoms with Crippen LogP contribution in [-0.4, -0.2) is 11.9 Å². The first kappa shape index (κ1) is 21.9. The minimum atomic E-state index is -3.12. The van der Waals surface area contributed by atoms with Crippen LogP contribution < -0.4 is 15.9 Å². The summed E-state index contributed by atoms with van der Waals surface area (Å²) in [6.45, 7) is 4.42. The molecule has 1 nitrogen and oxygen atoms in total. The summed E-state index contributed by atoms with van der Waals surface area (Å²) in [5.41, 5.74) is 0. The second-order valence-corrected chi connectivity index (χ2v) is 16.9. The monoisotopic (exact) mass is 468 g/mol. The molecule has 0 aliphatic rings. The first-order chi connectivity index (χ1) is 14.0. The van der Waals surface area contributed by atoms with Crippen LogP contribution in [0, 0.1) is 5.92 Å². The van der Waals surface area contributed by atoms with E-state index in [2.05, 4.69) is 102 Å². The molecule has 0 amide bonds. The summed E-state index contributed by atoms with van der Waals surface area (Å²) in [5, 5.41) is 0.484. The third-order valence-electron chi connectivity index (χ3n) is 5.97. The van der Waals surface area contributed by atoms with Crippen molar-refractivity contribution in [2.24, 2.45) is 5.92 Å². The van der Waals surface area contributed by atoms with Gasteiger partial charge in [0.1, 0.15) is 0 Å². The Labute approximate surface area is 183 Å². The van der Waals surface area contributed by atoms with Gasteiger partial charge in [-0.1, -0.05) is 0 Å². The average Bonchev–Trinajstić information content (AvgIpc) is 2.79. The van der Waals surface area contributed by atoms with Crippen LogP contribution in [0.3, 0.4) is 0 Å². The van der Waals surface area contributed by atoms with E-state index < -0.39 is 5.31 Å². The van der Waals surface area contributed by atoms with Crippen molar-refractivity contribution in [3.63, 3.8) is 0 Å². The van der Waals surface area contributed by atoms with Gasteiger partial charge in [0.2, 0.25) is 0 Å². The summed E-state index contributed by atoms with van der Waals surface area (Å²) < 4.78 is 0. The molecule has 0 spiro atoms. The predicted octanol–water partition coefficient (Wildman–Crippen LogP) is 6.22. The zero-order chi connectivity index (χ0) is 20.8. The standard InChI is InChI=1S/C26H30BrOP/c1-3-22(2)19-20-23(28)21-29(27,24-13-7-4-8-14-24,25-15-9-5-10-16-25)26-17-11-6-12-18-26/h4-18,22H,3,19-21H2,1-2H3. The molecule has 0 fully saturated rings. The Balaban J connectivity index is 2.20. The van der Waals surface area contributed by atoms with Crippen molar-refractivity contribution >= 4 is 42.5 Å². The van der Waals surface area contributed by atoms with Crippen molar-refractivity contribution < 1.29 is 4.79 Å². The minimum absolute atomic E-state index is 0.330. The van der Waals surface area contributed by atoms with E-state index in [0.29, 0.717) is 24.3 Å². The number of benzene rings is 3. The van der Waals surface area contributed by atoms with Gasteiger partial charge in [0.05, 0.1) is 0 Å². The van der Waals surface area contributed by atoms with Crippen LogP contribution in [0.15, 0.2) is 91.0 Å². The van der Waals surface area contributed by atoms with Crippen LogP contribution in [0.25, 0.3) is 0 Å². The molecule has 3 aromatic rings. The molecule has 1 unspecified atom stereocenters. The number of carbonyl (C=O) groups excluding carboxylic acids is 1. The first-order valence-corrected chi connectivity index (χ1v) is 14.8. The van der Waals surface area contributed by atoms with Crippen LogP contribution in [0.5, 0.6) is 0 Å². The van der Waals surface area contributed by atoms with Gasteiger partial charge >= 0.3 is 183 Å². The average molecular weight is 469 g/mol. The van der Waals surface area contributed by atoms with Gasteiger partial charge in [0, 0.05) is 0 Å². The Morgan fingerprint density at radius 2 is 1.17 bits per heavy atom. The number of hydrogen-bond acceptors (Lipinski definition) is 1. The molecule has 0 aromatic heterocycles. The summed E-state index contributed by atoms with van der Waals surface area (Å²) in [6.07, 6.45) is 3.19. The van der Waals surface area contributed by atoms with Crippen LogP contribution in [-0.2, 0) is 4.79 Å². The van der Waals surface area contributed by atoms with E-state index in [0.717, 1.165) is 12.8 Å². The fraction of sp³-hybridized carbons (Fsp3) is 0.269. The number of Topliss-reactive ketones (excluding diaryl/α,β-unsaturated/α-hetero) is 1. The van der Waals surface area contributed by atoms with Crippen molar-refractivity contribution in [1.29, 1.82) is 0 Å². The molecule has 3 heteroatoms. The number of ketones is 1. The van der Waals surface area contributed by atoms with Gasteiger partial charge in [0.25, 0.3) is 0 Å². The molecule has 29 heavy (non-hydrogen) atoms. The summed E-state index contributed by atoms with van der Waals surface area (Å²) in [7, 11) is 0. The number of rotatable bonds is 9. The van der Waals surface area contributed by atoms with Crippen LogP contribution in [0.4, 0.5) is 0 Å². The summed E-state index contributed by atoms with van der Waals surface area (Å²) in [6, 6.07) is 31.6. The van der Waals surface area contributed by atoms with E-state index in [4.69, 9.17) is 0 Å². The van der Waals surface area contributed by atoms with Gasteiger partial charge in [0.15, 0.2) is 0 Å². The van der Waals surface area contributed by atoms with Crippen molar-refractivity contribution in [1.82, 2.24) is 0 Å². The van der Waals surface area contributed by atoms with Crippen molar-refractivity contribution in [2.45, 2.75) is 33.1 Å². The number of hydrogen-bond donors (Lipinski definition) is 0. The molecule has 0 saturated carbocycles. The molecule has 0 heterocycles. The Kier molecular flexibility index (Phi) is 7.09. The molecule has 3 aromatic carbocycles. The zero-order valence-corrected chi connectivity index (χ0v) is 19.8. The third-order valence-corrected chi connectivity index (χ3v) is 15.5. The Bertz CT molecular complexity index is 825. The van der Waals surface area contributed by atoms with Gasteiger partial charge in [-0.15, -0.1) is 0 Å². The first-order valence-electron chi connectivity index (χ1n) is 10.4. The molecule has 0 N–H and O–H groups in total. The predicted molar refractivity (Wildman–Crippen MR) is 133 cm³/mol. The van der Waals surface area contributed by atoms with E-state index in [-0.39, 0.29) is 0 Å². The summed E-state index contributed by atoms with van der Waals surface area (Å²) in [4.78, 5) is 13.4. The van der Waals surface area contributed by atoms with Gasteiger partial charge < -0.3 is 0 Å². The number of halogens is 1. The number of carbonyl (C=O) groups is 1. The molecule has 0 radical (unpaired) electrons. The summed E-state index contributed by atoms with van der Waals surface area (Å²) in [5.74, 6) is 0.905. The molecule has 0 bridgehead atoms.